The van der Waals surface area contributed by atoms with Crippen molar-refractivity contribution in [2.24, 2.45) is 0 Å². The van der Waals surface area contributed by atoms with E-state index in [0.29, 0.717) is 17.0 Å². The van der Waals surface area contributed by atoms with Gasteiger partial charge in [0, 0.05) is 23.5 Å². The van der Waals surface area contributed by atoms with Crippen LogP contribution in [0.1, 0.15) is 5.56 Å². The van der Waals surface area contributed by atoms with Crippen LogP contribution < -0.4 is 0 Å². The molecule has 3 rings (SSSR count). The number of hydrogen-bond acceptors (Lipinski definition) is 2. The summed E-state index contributed by atoms with van der Waals surface area (Å²) in [6, 6.07) is 10.4. The number of nitrogens with zero attached hydrogens (tertiary/aromatic N) is 2. The highest BCUT2D eigenvalue weighted by molar-refractivity contribution is 5.68. The van der Waals surface area contributed by atoms with E-state index in [4.69, 9.17) is 0 Å². The van der Waals surface area contributed by atoms with Crippen LogP contribution in [0.5, 0.6) is 0 Å². The number of rotatable bonds is 2. The molecule has 1 aromatic carbocycles. The van der Waals surface area contributed by atoms with Gasteiger partial charge in [-0.1, -0.05) is 12.1 Å². The van der Waals surface area contributed by atoms with Gasteiger partial charge in [-0.2, -0.15) is 18.3 Å². The molecule has 0 radical (unpaired) electrons. The Bertz CT molecular complexity index is 748. The van der Waals surface area contributed by atoms with Crippen LogP contribution in [0.4, 0.5) is 13.2 Å². The van der Waals surface area contributed by atoms with Crippen LogP contribution in [-0.4, -0.2) is 15.2 Å². The second kappa shape index (κ2) is 5.05. The third-order valence-corrected chi connectivity index (χ3v) is 3.04. The van der Waals surface area contributed by atoms with Crippen LogP contribution in [0.15, 0.2) is 54.9 Å². The molecule has 2 aromatic heterocycles. The van der Waals surface area contributed by atoms with E-state index >= 15 is 0 Å². The number of pyridine rings is 1. The lowest BCUT2D eigenvalue weighted by atomic mass is 10.1. The molecular formula is C15H10F3N3. The zero-order valence-electron chi connectivity index (χ0n) is 10.7. The first kappa shape index (κ1) is 13.4. The summed E-state index contributed by atoms with van der Waals surface area (Å²) in [5.74, 6) is 0. The van der Waals surface area contributed by atoms with E-state index in [0.717, 1.165) is 17.7 Å². The van der Waals surface area contributed by atoms with Gasteiger partial charge in [-0.3, -0.25) is 10.1 Å². The minimum atomic E-state index is -4.36. The second-order valence-corrected chi connectivity index (χ2v) is 4.49. The molecule has 0 spiro atoms. The molecule has 6 heteroatoms. The van der Waals surface area contributed by atoms with Crippen LogP contribution in [-0.2, 0) is 6.18 Å². The first-order chi connectivity index (χ1) is 10.0. The average Bonchev–Trinajstić information content (AvgIpc) is 2.97. The van der Waals surface area contributed by atoms with Gasteiger partial charge in [0.15, 0.2) is 0 Å². The smallest absolute Gasteiger partial charge is 0.277 e. The van der Waals surface area contributed by atoms with E-state index in [1.807, 2.05) is 6.07 Å². The summed E-state index contributed by atoms with van der Waals surface area (Å²) in [6.45, 7) is 0. The maximum atomic E-state index is 12.7. The number of nitrogens with one attached hydrogen (secondary N) is 1. The number of aromatic amines is 1. The van der Waals surface area contributed by atoms with Gasteiger partial charge in [-0.05, 0) is 30.3 Å². The fraction of sp³-hybridized carbons (Fsp3) is 0.0667. The van der Waals surface area contributed by atoms with Gasteiger partial charge >= 0.3 is 6.18 Å². The van der Waals surface area contributed by atoms with E-state index in [1.54, 1.807) is 30.6 Å². The number of H-pyrrole nitrogens is 1. The molecule has 1 N–H and O–H groups in total. The minimum absolute atomic E-state index is 0.437. The number of hydrogen-bond donors (Lipinski definition) is 1. The van der Waals surface area contributed by atoms with E-state index in [9.17, 15) is 13.2 Å². The molecule has 0 saturated carbocycles. The Balaban J connectivity index is 1.97. The topological polar surface area (TPSA) is 41.6 Å². The number of benzene rings is 1. The molecule has 2 heterocycles. The Morgan fingerprint density at radius 2 is 1.76 bits per heavy atom. The van der Waals surface area contributed by atoms with Crippen LogP contribution >= 0.6 is 0 Å². The summed E-state index contributed by atoms with van der Waals surface area (Å²) in [5.41, 5.74) is 1.72. The average molecular weight is 289 g/mol. The number of alkyl halides is 3. The molecule has 0 bridgehead atoms. The van der Waals surface area contributed by atoms with Crippen LogP contribution in [0.3, 0.4) is 0 Å². The highest BCUT2D eigenvalue weighted by Crippen LogP contribution is 2.32. The Labute approximate surface area is 118 Å². The molecule has 0 aliphatic rings. The highest BCUT2D eigenvalue weighted by Gasteiger charge is 2.30. The van der Waals surface area contributed by atoms with Crippen molar-refractivity contribution in [3.05, 3.63) is 60.4 Å². The van der Waals surface area contributed by atoms with E-state index in [-0.39, 0.29) is 0 Å². The van der Waals surface area contributed by atoms with Crippen molar-refractivity contribution in [1.29, 1.82) is 0 Å². The summed E-state index contributed by atoms with van der Waals surface area (Å²) in [7, 11) is 0. The van der Waals surface area contributed by atoms with E-state index in [1.165, 1.54) is 6.07 Å². The molecule has 21 heavy (non-hydrogen) atoms. The maximum absolute atomic E-state index is 12.7. The van der Waals surface area contributed by atoms with Crippen LogP contribution in [0.25, 0.3) is 22.5 Å². The predicted octanol–water partition coefficient (Wildman–Crippen LogP) is 4.16. The summed E-state index contributed by atoms with van der Waals surface area (Å²) >= 11 is 0. The van der Waals surface area contributed by atoms with Gasteiger partial charge in [0.2, 0.25) is 0 Å². The quantitative estimate of drug-likeness (QED) is 0.769. The lowest BCUT2D eigenvalue weighted by molar-refractivity contribution is -0.137. The number of aromatic nitrogens is 3. The van der Waals surface area contributed by atoms with Gasteiger partial charge in [-0.25, -0.2) is 0 Å². The summed E-state index contributed by atoms with van der Waals surface area (Å²) < 4.78 is 38.2. The van der Waals surface area contributed by atoms with Crippen LogP contribution in [0.2, 0.25) is 0 Å². The molecule has 0 saturated heterocycles. The highest BCUT2D eigenvalue weighted by atomic mass is 19.4. The van der Waals surface area contributed by atoms with Crippen molar-refractivity contribution < 1.29 is 13.2 Å². The van der Waals surface area contributed by atoms with Crippen molar-refractivity contribution in [2.45, 2.75) is 6.18 Å². The number of halogens is 3. The molecule has 0 unspecified atom stereocenters. The fourth-order valence-electron chi connectivity index (χ4n) is 1.99. The summed E-state index contributed by atoms with van der Waals surface area (Å²) in [6.07, 6.45) is -1.07. The van der Waals surface area contributed by atoms with Gasteiger partial charge in [0.05, 0.1) is 17.0 Å². The van der Waals surface area contributed by atoms with E-state index in [2.05, 4.69) is 15.2 Å². The molecule has 0 aliphatic heterocycles. The molecule has 3 nitrogen and oxygen atoms in total. The molecule has 3 aromatic rings. The summed E-state index contributed by atoms with van der Waals surface area (Å²) in [4.78, 5) is 3.99. The molecular weight excluding hydrogens is 279 g/mol. The molecule has 0 atom stereocenters. The first-order valence-electron chi connectivity index (χ1n) is 6.17. The monoisotopic (exact) mass is 289 g/mol. The second-order valence-electron chi connectivity index (χ2n) is 4.49. The summed E-state index contributed by atoms with van der Waals surface area (Å²) in [5, 5.41) is 6.86. The zero-order chi connectivity index (χ0) is 14.9. The Morgan fingerprint density at radius 1 is 0.952 bits per heavy atom. The SMILES string of the molecule is FC(F)(F)c1cccc(-c2cc(-c3cccnc3)n[nH]2)c1. The molecule has 0 aliphatic carbocycles. The third kappa shape index (κ3) is 2.79. The van der Waals surface area contributed by atoms with Crippen molar-refractivity contribution >= 4 is 0 Å². The van der Waals surface area contributed by atoms with Crippen molar-refractivity contribution in [3.63, 3.8) is 0 Å². The van der Waals surface area contributed by atoms with E-state index < -0.39 is 11.7 Å². The standard InChI is InChI=1S/C15H10F3N3/c16-15(17,18)12-5-1-3-10(7-12)13-8-14(21-20-13)11-4-2-6-19-9-11/h1-9H,(H,20,21). The van der Waals surface area contributed by atoms with Crippen molar-refractivity contribution in [1.82, 2.24) is 15.2 Å². The zero-order valence-corrected chi connectivity index (χ0v) is 10.7. The maximum Gasteiger partial charge on any atom is 0.416 e. The van der Waals surface area contributed by atoms with Crippen molar-refractivity contribution in [2.75, 3.05) is 0 Å². The lowest BCUT2D eigenvalue weighted by Crippen LogP contribution is -2.04. The van der Waals surface area contributed by atoms with Gasteiger partial charge in [-0.15, -0.1) is 0 Å². The lowest BCUT2D eigenvalue weighted by Gasteiger charge is -2.07. The Hall–Kier alpha value is -2.63. The minimum Gasteiger partial charge on any atom is -0.277 e. The molecule has 0 amide bonds. The van der Waals surface area contributed by atoms with Gasteiger partial charge in [0.1, 0.15) is 0 Å². The third-order valence-electron chi connectivity index (χ3n) is 3.04. The normalized spacial score (nSPS) is 11.6. The Kier molecular flexibility index (Phi) is 3.21. The molecule has 106 valence electrons. The van der Waals surface area contributed by atoms with Gasteiger partial charge in [0.25, 0.3) is 0 Å². The van der Waals surface area contributed by atoms with Gasteiger partial charge < -0.3 is 0 Å². The van der Waals surface area contributed by atoms with Crippen molar-refractivity contribution in [3.8, 4) is 22.5 Å². The Morgan fingerprint density at radius 3 is 2.48 bits per heavy atom. The van der Waals surface area contributed by atoms with Crippen LogP contribution in [0, 0.1) is 0 Å². The molecule has 0 fully saturated rings. The fourth-order valence-corrected chi connectivity index (χ4v) is 1.99. The first-order valence-corrected chi connectivity index (χ1v) is 6.17. The largest absolute Gasteiger partial charge is 0.416 e. The predicted molar refractivity (Wildman–Crippen MR) is 72.3 cm³/mol.